The van der Waals surface area contributed by atoms with Gasteiger partial charge in [-0.15, -0.1) is 0 Å². The van der Waals surface area contributed by atoms with Crippen LogP contribution < -0.4 is 9.47 Å². The van der Waals surface area contributed by atoms with Crippen molar-refractivity contribution in [2.45, 2.75) is 19.6 Å². The third kappa shape index (κ3) is 5.15. The summed E-state index contributed by atoms with van der Waals surface area (Å²) in [6.45, 7) is 1.57. The van der Waals surface area contributed by atoms with Gasteiger partial charge in [0.2, 0.25) is 0 Å². The molecule has 1 N–H and O–H groups in total. The molecule has 1 amide bonds. The van der Waals surface area contributed by atoms with Crippen molar-refractivity contribution in [1.82, 2.24) is 4.90 Å². The van der Waals surface area contributed by atoms with Crippen LogP contribution in [0.1, 0.15) is 18.1 Å². The largest absolute Gasteiger partial charge is 0.493 e. The number of carbonyl (C=O) groups is 2. The molecule has 3 rings (SSSR count). The molecule has 31 heavy (non-hydrogen) atoms. The Balaban J connectivity index is 1.81. The highest BCUT2D eigenvalue weighted by atomic mass is 35.5. The number of carboxylic acids is 1. The van der Waals surface area contributed by atoms with Crippen molar-refractivity contribution in [2.24, 2.45) is 0 Å². The Bertz CT molecular complexity index is 1070. The molecule has 1 aliphatic heterocycles. The minimum Gasteiger partial charge on any atom is -0.493 e. The second-order valence-corrected chi connectivity index (χ2v) is 8.96. The minimum atomic E-state index is -1.13. The van der Waals surface area contributed by atoms with E-state index in [-0.39, 0.29) is 10.9 Å². The third-order valence-electron chi connectivity index (χ3n) is 4.49. The van der Waals surface area contributed by atoms with E-state index in [0.29, 0.717) is 37.6 Å². The number of rotatable bonds is 7. The Hall–Kier alpha value is -2.26. The summed E-state index contributed by atoms with van der Waals surface area (Å²) < 4.78 is 11.4. The van der Waals surface area contributed by atoms with Crippen molar-refractivity contribution in [3.63, 3.8) is 0 Å². The lowest BCUT2D eigenvalue weighted by Crippen LogP contribution is -2.41. The number of hydrogen-bond acceptors (Lipinski definition) is 6. The van der Waals surface area contributed by atoms with Crippen LogP contribution in [0, 0.1) is 0 Å². The van der Waals surface area contributed by atoms with Gasteiger partial charge in [0.1, 0.15) is 17.0 Å². The lowest BCUT2D eigenvalue weighted by atomic mass is 10.1. The molecule has 10 heteroatoms. The van der Waals surface area contributed by atoms with Gasteiger partial charge in [-0.25, -0.2) is 4.79 Å². The van der Waals surface area contributed by atoms with E-state index in [1.54, 1.807) is 42.5 Å². The number of ether oxygens (including phenoxy) is 2. The molecule has 0 aliphatic carbocycles. The van der Waals surface area contributed by atoms with E-state index in [1.807, 2.05) is 0 Å². The predicted molar refractivity (Wildman–Crippen MR) is 126 cm³/mol. The first-order valence-electron chi connectivity index (χ1n) is 8.96. The number of nitrogens with zero attached hydrogens (tertiary/aromatic N) is 1. The fraction of sp³-hybridized carbons (Fsp3) is 0.190. The van der Waals surface area contributed by atoms with Gasteiger partial charge in [-0.3, -0.25) is 9.69 Å². The van der Waals surface area contributed by atoms with Crippen molar-refractivity contribution in [2.75, 3.05) is 7.11 Å². The average Bonchev–Trinajstić information content (AvgIpc) is 3.00. The van der Waals surface area contributed by atoms with Crippen LogP contribution in [-0.2, 0) is 16.2 Å². The second-order valence-electron chi connectivity index (χ2n) is 6.47. The van der Waals surface area contributed by atoms with E-state index >= 15 is 0 Å². The summed E-state index contributed by atoms with van der Waals surface area (Å²) >= 11 is 18.6. The Morgan fingerprint density at radius 2 is 1.94 bits per heavy atom. The average molecular weight is 498 g/mol. The molecule has 0 aromatic heterocycles. The molecule has 1 unspecified atom stereocenters. The Labute approximate surface area is 198 Å². The van der Waals surface area contributed by atoms with Gasteiger partial charge in [-0.1, -0.05) is 59.3 Å². The summed E-state index contributed by atoms with van der Waals surface area (Å²) in [5.74, 6) is -0.647. The van der Waals surface area contributed by atoms with Gasteiger partial charge in [0.25, 0.3) is 5.91 Å². The topological polar surface area (TPSA) is 76.1 Å². The molecule has 1 aliphatic rings. The van der Waals surface area contributed by atoms with Crippen LogP contribution in [-0.4, -0.2) is 39.4 Å². The quantitative estimate of drug-likeness (QED) is 0.413. The van der Waals surface area contributed by atoms with E-state index in [9.17, 15) is 14.7 Å². The van der Waals surface area contributed by atoms with Crippen molar-refractivity contribution in [1.29, 1.82) is 0 Å². The highest BCUT2D eigenvalue weighted by Crippen LogP contribution is 2.36. The number of halogens is 2. The highest BCUT2D eigenvalue weighted by Gasteiger charge is 2.38. The maximum absolute atomic E-state index is 12.6. The summed E-state index contributed by atoms with van der Waals surface area (Å²) in [4.78, 5) is 25.3. The molecule has 0 radical (unpaired) electrons. The summed E-state index contributed by atoms with van der Waals surface area (Å²) in [7, 11) is 1.50. The first-order chi connectivity index (χ1) is 14.7. The number of hydrogen-bond donors (Lipinski definition) is 1. The Morgan fingerprint density at radius 1 is 1.26 bits per heavy atom. The summed E-state index contributed by atoms with van der Waals surface area (Å²) in [5.41, 5.74) is 1.33. The van der Waals surface area contributed by atoms with Crippen LogP contribution in [0.3, 0.4) is 0 Å². The van der Waals surface area contributed by atoms with Gasteiger partial charge in [0.15, 0.2) is 11.5 Å². The molecule has 162 valence electrons. The number of thiocarbonyl (C=S) groups is 1. The summed E-state index contributed by atoms with van der Waals surface area (Å²) in [6.07, 6.45) is 1.63. The molecule has 0 spiro atoms. The van der Waals surface area contributed by atoms with Crippen LogP contribution >= 0.6 is 47.2 Å². The molecule has 1 saturated heterocycles. The molecular formula is C21H17Cl2NO5S2. The van der Waals surface area contributed by atoms with E-state index in [2.05, 4.69) is 0 Å². The van der Waals surface area contributed by atoms with E-state index in [0.717, 1.165) is 16.7 Å². The fourth-order valence-electron chi connectivity index (χ4n) is 2.79. The van der Waals surface area contributed by atoms with Gasteiger partial charge in [0.05, 0.1) is 12.0 Å². The highest BCUT2D eigenvalue weighted by molar-refractivity contribution is 8.26. The SMILES string of the molecule is COc1cc(C=C2SC(=S)N(C(C)C(=O)O)C2=O)ccc1OCc1c(Cl)cccc1Cl. The van der Waals surface area contributed by atoms with E-state index in [4.69, 9.17) is 44.9 Å². The van der Waals surface area contributed by atoms with Crippen LogP contribution in [0.2, 0.25) is 10.0 Å². The van der Waals surface area contributed by atoms with Gasteiger partial charge in [0, 0.05) is 15.6 Å². The fourth-order valence-corrected chi connectivity index (χ4v) is 4.71. The molecule has 1 fully saturated rings. The monoisotopic (exact) mass is 497 g/mol. The lowest BCUT2D eigenvalue weighted by Gasteiger charge is -2.18. The normalized spacial score (nSPS) is 16.0. The van der Waals surface area contributed by atoms with Crippen molar-refractivity contribution in [3.05, 3.63) is 62.5 Å². The second kappa shape index (κ2) is 9.91. The number of amides is 1. The molecule has 1 heterocycles. The van der Waals surface area contributed by atoms with Gasteiger partial charge in [-0.2, -0.15) is 0 Å². The van der Waals surface area contributed by atoms with Gasteiger partial charge in [-0.05, 0) is 42.8 Å². The Morgan fingerprint density at radius 3 is 2.55 bits per heavy atom. The minimum absolute atomic E-state index is 0.153. The van der Waals surface area contributed by atoms with Crippen LogP contribution in [0.5, 0.6) is 11.5 Å². The van der Waals surface area contributed by atoms with Gasteiger partial charge < -0.3 is 14.6 Å². The smallest absolute Gasteiger partial charge is 0.326 e. The van der Waals surface area contributed by atoms with Gasteiger partial charge >= 0.3 is 5.97 Å². The van der Waals surface area contributed by atoms with Crippen LogP contribution in [0.15, 0.2) is 41.3 Å². The zero-order chi connectivity index (χ0) is 22.7. The zero-order valence-corrected chi connectivity index (χ0v) is 19.6. The zero-order valence-electron chi connectivity index (χ0n) is 16.4. The molecular weight excluding hydrogens is 481 g/mol. The molecule has 2 aromatic carbocycles. The number of thioether (sulfide) groups is 1. The number of benzene rings is 2. The molecule has 1 atom stereocenters. The number of carboxylic acid groups (broad SMARTS) is 1. The first-order valence-corrected chi connectivity index (χ1v) is 10.9. The van der Waals surface area contributed by atoms with Crippen LogP contribution in [0.4, 0.5) is 0 Å². The van der Waals surface area contributed by atoms with Crippen molar-refractivity contribution in [3.8, 4) is 11.5 Å². The third-order valence-corrected chi connectivity index (χ3v) is 6.53. The summed E-state index contributed by atoms with van der Waals surface area (Å²) in [6, 6.07) is 9.33. The summed E-state index contributed by atoms with van der Waals surface area (Å²) in [5, 5.41) is 10.2. The number of carbonyl (C=O) groups excluding carboxylic acids is 1. The van der Waals surface area contributed by atoms with E-state index < -0.39 is 17.9 Å². The first kappa shape index (κ1) is 23.4. The maximum Gasteiger partial charge on any atom is 0.326 e. The molecule has 6 nitrogen and oxygen atoms in total. The van der Waals surface area contributed by atoms with E-state index in [1.165, 1.54) is 14.0 Å². The van der Waals surface area contributed by atoms with Crippen molar-refractivity contribution >= 4 is 69.5 Å². The molecule has 2 aromatic rings. The number of aliphatic carboxylic acids is 1. The lowest BCUT2D eigenvalue weighted by molar-refractivity contribution is -0.144. The van der Waals surface area contributed by atoms with Crippen molar-refractivity contribution < 1.29 is 24.2 Å². The van der Waals surface area contributed by atoms with Crippen LogP contribution in [0.25, 0.3) is 6.08 Å². The predicted octanol–water partition coefficient (Wildman–Crippen LogP) is 5.26. The molecule has 0 saturated carbocycles. The molecule has 0 bridgehead atoms. The Kier molecular flexibility index (Phi) is 7.48. The standard InChI is InChI=1S/C21H17Cl2NO5S2/c1-11(20(26)27)24-19(25)18(31-21(24)30)9-12-6-7-16(17(8-12)28-2)29-10-13-14(22)4-3-5-15(13)23/h3-9,11H,10H2,1-2H3,(H,26,27). The maximum atomic E-state index is 12.6. The number of methoxy groups -OCH3 is 1.